The maximum atomic E-state index is 12.6. The number of ether oxygens (including phenoxy) is 1. The maximum absolute atomic E-state index is 12.6. The molecule has 0 aliphatic rings. The molecule has 1 amide bonds. The van der Waals surface area contributed by atoms with Crippen molar-refractivity contribution >= 4 is 17.4 Å². The Hall–Kier alpha value is -3.76. The second-order valence-corrected chi connectivity index (χ2v) is 6.21. The van der Waals surface area contributed by atoms with Gasteiger partial charge in [0.15, 0.2) is 5.82 Å². The standard InChI is InChI=1S/C22H21N5O2/c1-29-13-7-12-24-22(28)19-14-20(25-18-11-6-5-10-17(18)15-23)27-21(26-19)16-8-3-2-4-9-16/h2-6,8-11,14H,7,12-13H2,1H3,(H,24,28)(H,25,26,27). The van der Waals surface area contributed by atoms with Crippen LogP contribution in [0.2, 0.25) is 0 Å². The molecule has 0 spiro atoms. The molecule has 7 nitrogen and oxygen atoms in total. The second-order valence-electron chi connectivity index (χ2n) is 6.21. The molecule has 0 atom stereocenters. The quantitative estimate of drug-likeness (QED) is 0.574. The van der Waals surface area contributed by atoms with E-state index in [4.69, 9.17) is 4.74 Å². The highest BCUT2D eigenvalue weighted by Gasteiger charge is 2.14. The highest BCUT2D eigenvalue weighted by atomic mass is 16.5. The second kappa shape index (κ2) is 9.97. The maximum Gasteiger partial charge on any atom is 0.270 e. The van der Waals surface area contributed by atoms with Crippen LogP contribution in [0.1, 0.15) is 22.5 Å². The summed E-state index contributed by atoms with van der Waals surface area (Å²) in [5.41, 5.74) is 2.13. The number of amides is 1. The first-order chi connectivity index (χ1) is 14.2. The smallest absolute Gasteiger partial charge is 0.270 e. The Kier molecular flexibility index (Phi) is 6.87. The van der Waals surface area contributed by atoms with E-state index >= 15 is 0 Å². The van der Waals surface area contributed by atoms with Gasteiger partial charge in [-0.05, 0) is 18.6 Å². The van der Waals surface area contributed by atoms with Gasteiger partial charge in [-0.1, -0.05) is 42.5 Å². The van der Waals surface area contributed by atoms with Crippen LogP contribution in [0.3, 0.4) is 0 Å². The number of hydrogen-bond acceptors (Lipinski definition) is 6. The van der Waals surface area contributed by atoms with Crippen molar-refractivity contribution in [3.05, 3.63) is 71.9 Å². The molecule has 29 heavy (non-hydrogen) atoms. The van der Waals surface area contributed by atoms with Gasteiger partial charge in [-0.3, -0.25) is 4.79 Å². The van der Waals surface area contributed by atoms with Gasteiger partial charge < -0.3 is 15.4 Å². The Bertz CT molecular complexity index is 1020. The molecule has 1 heterocycles. The summed E-state index contributed by atoms with van der Waals surface area (Å²) in [6.07, 6.45) is 0.708. The first kappa shape index (κ1) is 20.0. The molecule has 3 rings (SSSR count). The molecule has 7 heteroatoms. The summed E-state index contributed by atoms with van der Waals surface area (Å²) in [6, 6.07) is 20.3. The van der Waals surface area contributed by atoms with Crippen molar-refractivity contribution in [1.29, 1.82) is 5.26 Å². The Morgan fingerprint density at radius 1 is 1.10 bits per heavy atom. The van der Waals surface area contributed by atoms with Gasteiger partial charge >= 0.3 is 0 Å². The van der Waals surface area contributed by atoms with Crippen LogP contribution in [0.4, 0.5) is 11.5 Å². The number of nitrogens with one attached hydrogen (secondary N) is 2. The van der Waals surface area contributed by atoms with Gasteiger partial charge in [0.25, 0.3) is 5.91 Å². The van der Waals surface area contributed by atoms with Crippen LogP contribution in [-0.2, 0) is 4.74 Å². The third kappa shape index (κ3) is 5.37. The zero-order valence-corrected chi connectivity index (χ0v) is 16.1. The van der Waals surface area contributed by atoms with E-state index in [2.05, 4.69) is 26.7 Å². The van der Waals surface area contributed by atoms with Crippen molar-refractivity contribution in [2.45, 2.75) is 6.42 Å². The largest absolute Gasteiger partial charge is 0.385 e. The van der Waals surface area contributed by atoms with E-state index in [1.807, 2.05) is 36.4 Å². The molecule has 1 aromatic heterocycles. The van der Waals surface area contributed by atoms with E-state index in [-0.39, 0.29) is 11.6 Å². The first-order valence-electron chi connectivity index (χ1n) is 9.19. The van der Waals surface area contributed by atoms with Crippen molar-refractivity contribution in [2.75, 3.05) is 25.6 Å². The van der Waals surface area contributed by atoms with E-state index in [0.717, 1.165) is 5.56 Å². The van der Waals surface area contributed by atoms with Crippen molar-refractivity contribution in [3.63, 3.8) is 0 Å². The third-order valence-corrected chi connectivity index (χ3v) is 4.11. The number of aromatic nitrogens is 2. The predicted octanol–water partition coefficient (Wildman–Crippen LogP) is 3.53. The molecule has 3 aromatic rings. The molecule has 0 unspecified atom stereocenters. The molecule has 0 saturated heterocycles. The van der Waals surface area contributed by atoms with Crippen molar-refractivity contribution < 1.29 is 9.53 Å². The van der Waals surface area contributed by atoms with Gasteiger partial charge in [-0.15, -0.1) is 0 Å². The Balaban J connectivity index is 1.93. The average molecular weight is 387 g/mol. The minimum atomic E-state index is -0.294. The molecule has 2 N–H and O–H groups in total. The fourth-order valence-electron chi connectivity index (χ4n) is 2.68. The third-order valence-electron chi connectivity index (χ3n) is 4.11. The van der Waals surface area contributed by atoms with Crippen LogP contribution < -0.4 is 10.6 Å². The average Bonchev–Trinajstić information content (AvgIpc) is 2.77. The Morgan fingerprint density at radius 3 is 2.62 bits per heavy atom. The van der Waals surface area contributed by atoms with Crippen LogP contribution >= 0.6 is 0 Å². The van der Waals surface area contributed by atoms with Gasteiger partial charge in [0, 0.05) is 31.9 Å². The molecule has 0 saturated carbocycles. The number of hydrogen-bond donors (Lipinski definition) is 2. The number of methoxy groups -OCH3 is 1. The molecule has 0 aliphatic heterocycles. The molecule has 0 fully saturated rings. The highest BCUT2D eigenvalue weighted by molar-refractivity contribution is 5.93. The molecular formula is C22H21N5O2. The van der Waals surface area contributed by atoms with Crippen molar-refractivity contribution in [3.8, 4) is 17.5 Å². The summed E-state index contributed by atoms with van der Waals surface area (Å²) in [6.45, 7) is 1.05. The molecule has 0 radical (unpaired) electrons. The van der Waals surface area contributed by atoms with Gasteiger partial charge in [0.1, 0.15) is 17.6 Å². The minimum absolute atomic E-state index is 0.244. The summed E-state index contributed by atoms with van der Waals surface area (Å²) >= 11 is 0. The molecular weight excluding hydrogens is 366 g/mol. The van der Waals surface area contributed by atoms with E-state index in [1.54, 1.807) is 31.4 Å². The number of carbonyl (C=O) groups is 1. The van der Waals surface area contributed by atoms with Gasteiger partial charge in [0.2, 0.25) is 0 Å². The lowest BCUT2D eigenvalue weighted by molar-refractivity contribution is 0.0943. The van der Waals surface area contributed by atoms with Crippen LogP contribution in [0, 0.1) is 11.3 Å². The summed E-state index contributed by atoms with van der Waals surface area (Å²) in [7, 11) is 1.62. The van der Waals surface area contributed by atoms with Gasteiger partial charge in [-0.25, -0.2) is 9.97 Å². The molecule has 0 aliphatic carbocycles. The normalized spacial score (nSPS) is 10.2. The van der Waals surface area contributed by atoms with Crippen molar-refractivity contribution in [2.24, 2.45) is 0 Å². The summed E-state index contributed by atoms with van der Waals surface area (Å²) in [5, 5.41) is 15.3. The monoisotopic (exact) mass is 387 g/mol. The highest BCUT2D eigenvalue weighted by Crippen LogP contribution is 2.22. The first-order valence-corrected chi connectivity index (χ1v) is 9.19. The summed E-state index contributed by atoms with van der Waals surface area (Å²) < 4.78 is 5.00. The van der Waals surface area contributed by atoms with E-state index in [0.29, 0.717) is 42.5 Å². The fraction of sp³-hybridized carbons (Fsp3) is 0.182. The molecule has 146 valence electrons. The number of nitriles is 1. The van der Waals surface area contributed by atoms with Gasteiger partial charge in [0.05, 0.1) is 11.3 Å². The van der Waals surface area contributed by atoms with Crippen LogP contribution in [-0.4, -0.2) is 36.1 Å². The lowest BCUT2D eigenvalue weighted by atomic mass is 10.2. The Morgan fingerprint density at radius 2 is 1.86 bits per heavy atom. The SMILES string of the molecule is COCCCNC(=O)c1cc(Nc2ccccc2C#N)nc(-c2ccccc2)n1. The summed E-state index contributed by atoms with van der Waals surface area (Å²) in [4.78, 5) is 21.6. The fourth-order valence-corrected chi connectivity index (χ4v) is 2.68. The lowest BCUT2D eigenvalue weighted by Crippen LogP contribution is -2.26. The zero-order valence-electron chi connectivity index (χ0n) is 16.1. The zero-order chi connectivity index (χ0) is 20.5. The lowest BCUT2D eigenvalue weighted by Gasteiger charge is -2.11. The molecule has 0 bridgehead atoms. The van der Waals surface area contributed by atoms with Crippen LogP contribution in [0.15, 0.2) is 60.7 Å². The topological polar surface area (TPSA) is 99.9 Å². The van der Waals surface area contributed by atoms with Crippen LogP contribution in [0.5, 0.6) is 0 Å². The number of nitrogens with zero attached hydrogens (tertiary/aromatic N) is 3. The van der Waals surface area contributed by atoms with Gasteiger partial charge in [-0.2, -0.15) is 5.26 Å². The number of benzene rings is 2. The summed E-state index contributed by atoms with van der Waals surface area (Å²) in [5.74, 6) is 0.563. The predicted molar refractivity (Wildman–Crippen MR) is 111 cm³/mol. The molecule has 2 aromatic carbocycles. The van der Waals surface area contributed by atoms with E-state index < -0.39 is 0 Å². The number of carbonyl (C=O) groups excluding carboxylic acids is 1. The van der Waals surface area contributed by atoms with E-state index in [1.165, 1.54) is 0 Å². The number of rotatable bonds is 8. The van der Waals surface area contributed by atoms with Crippen molar-refractivity contribution in [1.82, 2.24) is 15.3 Å². The van der Waals surface area contributed by atoms with Crippen LogP contribution in [0.25, 0.3) is 11.4 Å². The van der Waals surface area contributed by atoms with E-state index in [9.17, 15) is 10.1 Å². The number of para-hydroxylation sites is 1. The minimum Gasteiger partial charge on any atom is -0.385 e. The Labute approximate surface area is 169 Å². The number of anilines is 2.